The van der Waals surface area contributed by atoms with E-state index < -0.39 is 41.4 Å². The molecule has 0 fully saturated rings. The second-order valence-electron chi connectivity index (χ2n) is 5.03. The van der Waals surface area contributed by atoms with Gasteiger partial charge in [-0.15, -0.1) is 0 Å². The Kier molecular flexibility index (Phi) is 4.59. The first-order valence-electron chi connectivity index (χ1n) is 6.58. The van der Waals surface area contributed by atoms with Crippen molar-refractivity contribution in [2.45, 2.75) is 18.8 Å². The summed E-state index contributed by atoms with van der Waals surface area (Å²) in [7, 11) is 0. The van der Waals surface area contributed by atoms with E-state index in [2.05, 4.69) is 0 Å². The Balaban J connectivity index is 2.60. The van der Waals surface area contributed by atoms with Gasteiger partial charge in [-0.3, -0.25) is 4.79 Å². The molecule has 0 amide bonds. The highest BCUT2D eigenvalue weighted by atomic mass is 19.4. The third-order valence-electron chi connectivity index (χ3n) is 3.25. The largest absolute Gasteiger partial charge is 0.481 e. The van der Waals surface area contributed by atoms with Crippen molar-refractivity contribution in [1.82, 2.24) is 0 Å². The predicted octanol–water partition coefficient (Wildman–Crippen LogP) is 5.02. The van der Waals surface area contributed by atoms with E-state index in [9.17, 15) is 31.1 Å². The number of hydrogen-bond acceptors (Lipinski definition) is 1. The number of halogens is 6. The third-order valence-corrected chi connectivity index (χ3v) is 3.25. The number of alkyl halides is 6. The van der Waals surface area contributed by atoms with Gasteiger partial charge in [0.25, 0.3) is 0 Å². The van der Waals surface area contributed by atoms with Gasteiger partial charge >= 0.3 is 18.3 Å². The van der Waals surface area contributed by atoms with E-state index in [-0.39, 0.29) is 11.1 Å². The zero-order valence-electron chi connectivity index (χ0n) is 11.9. The lowest BCUT2D eigenvalue weighted by Gasteiger charge is -2.16. The number of carbonyl (C=O) groups is 1. The number of benzene rings is 2. The van der Waals surface area contributed by atoms with Crippen molar-refractivity contribution in [3.05, 3.63) is 59.2 Å². The molecular formula is C16H10F6O2. The van der Waals surface area contributed by atoms with E-state index in [1.165, 1.54) is 0 Å². The van der Waals surface area contributed by atoms with Crippen LogP contribution in [0.3, 0.4) is 0 Å². The molecule has 2 rings (SSSR count). The third kappa shape index (κ3) is 4.06. The van der Waals surface area contributed by atoms with Crippen LogP contribution < -0.4 is 0 Å². The maximum absolute atomic E-state index is 13.2. The standard InChI is InChI=1S/C16H10F6O2/c17-15(18,19)11-3-1-2-10(8-11)12-5-4-9(7-14(23)24)6-13(12)16(20,21)22/h1-6,8H,7H2,(H,23,24). The van der Waals surface area contributed by atoms with Gasteiger partial charge in [0.15, 0.2) is 0 Å². The van der Waals surface area contributed by atoms with Crippen LogP contribution in [0.4, 0.5) is 26.3 Å². The maximum atomic E-state index is 13.2. The summed E-state index contributed by atoms with van der Waals surface area (Å²) in [6.45, 7) is 0. The molecule has 128 valence electrons. The SMILES string of the molecule is O=C(O)Cc1ccc(-c2cccc(C(F)(F)F)c2)c(C(F)(F)F)c1. The van der Waals surface area contributed by atoms with Crippen molar-refractivity contribution in [2.75, 3.05) is 0 Å². The summed E-state index contributed by atoms with van der Waals surface area (Å²) < 4.78 is 77.9. The number of rotatable bonds is 3. The first-order valence-corrected chi connectivity index (χ1v) is 6.58. The number of hydrogen-bond donors (Lipinski definition) is 1. The minimum atomic E-state index is -4.84. The molecule has 0 saturated carbocycles. The summed E-state index contributed by atoms with van der Waals surface area (Å²) in [5.74, 6) is -1.31. The minimum absolute atomic E-state index is 0.0921. The van der Waals surface area contributed by atoms with Crippen molar-refractivity contribution in [3.63, 3.8) is 0 Å². The molecule has 2 aromatic carbocycles. The van der Waals surface area contributed by atoms with E-state index in [0.29, 0.717) is 12.1 Å². The van der Waals surface area contributed by atoms with E-state index in [1.807, 2.05) is 0 Å². The molecule has 8 heteroatoms. The first kappa shape index (κ1) is 17.8. The van der Waals surface area contributed by atoms with Crippen LogP contribution in [0.1, 0.15) is 16.7 Å². The summed E-state index contributed by atoms with van der Waals surface area (Å²) in [4.78, 5) is 10.6. The summed E-state index contributed by atoms with van der Waals surface area (Å²) in [6, 6.07) is 6.32. The van der Waals surface area contributed by atoms with E-state index in [4.69, 9.17) is 5.11 Å². The lowest BCUT2D eigenvalue weighted by atomic mass is 9.95. The Labute approximate surface area is 132 Å². The normalized spacial score (nSPS) is 12.2. The van der Waals surface area contributed by atoms with Crippen LogP contribution in [0.25, 0.3) is 11.1 Å². The monoisotopic (exact) mass is 348 g/mol. The van der Waals surface area contributed by atoms with E-state index >= 15 is 0 Å². The summed E-state index contributed by atoms with van der Waals surface area (Å²) in [5, 5.41) is 8.67. The molecule has 0 atom stereocenters. The quantitative estimate of drug-likeness (QED) is 0.791. The Hall–Kier alpha value is -2.51. The number of carboxylic acids is 1. The second-order valence-corrected chi connectivity index (χ2v) is 5.03. The molecule has 24 heavy (non-hydrogen) atoms. The smallest absolute Gasteiger partial charge is 0.417 e. The Morgan fingerprint density at radius 1 is 0.917 bits per heavy atom. The lowest BCUT2D eigenvalue weighted by Crippen LogP contribution is -2.10. The average molecular weight is 348 g/mol. The molecule has 0 aliphatic heterocycles. The van der Waals surface area contributed by atoms with Gasteiger partial charge in [0.1, 0.15) is 0 Å². The molecule has 0 aliphatic rings. The van der Waals surface area contributed by atoms with Gasteiger partial charge in [-0.1, -0.05) is 24.3 Å². The first-order chi connectivity index (χ1) is 11.0. The van der Waals surface area contributed by atoms with Crippen molar-refractivity contribution >= 4 is 5.97 Å². The molecule has 0 spiro atoms. The van der Waals surface area contributed by atoms with Crippen LogP contribution in [0.2, 0.25) is 0 Å². The van der Waals surface area contributed by atoms with Crippen LogP contribution in [-0.2, 0) is 23.6 Å². The second kappa shape index (κ2) is 6.18. The summed E-state index contributed by atoms with van der Waals surface area (Å²) >= 11 is 0. The van der Waals surface area contributed by atoms with E-state index in [1.54, 1.807) is 0 Å². The molecule has 0 radical (unpaired) electrons. The molecule has 0 unspecified atom stereocenters. The van der Waals surface area contributed by atoms with E-state index in [0.717, 1.165) is 30.3 Å². The Bertz CT molecular complexity index is 762. The van der Waals surface area contributed by atoms with Crippen molar-refractivity contribution in [1.29, 1.82) is 0 Å². The van der Waals surface area contributed by atoms with Gasteiger partial charge in [-0.25, -0.2) is 0 Å². The molecule has 0 heterocycles. The van der Waals surface area contributed by atoms with Gasteiger partial charge in [-0.05, 0) is 34.9 Å². The molecular weight excluding hydrogens is 338 g/mol. The summed E-state index contributed by atoms with van der Waals surface area (Å²) in [5.41, 5.74) is -3.03. The number of aliphatic carboxylic acids is 1. The maximum Gasteiger partial charge on any atom is 0.417 e. The molecule has 0 bridgehead atoms. The van der Waals surface area contributed by atoms with Gasteiger partial charge < -0.3 is 5.11 Å². The fourth-order valence-corrected chi connectivity index (χ4v) is 2.23. The molecule has 0 aliphatic carbocycles. The lowest BCUT2D eigenvalue weighted by molar-refractivity contribution is -0.138. The zero-order valence-corrected chi connectivity index (χ0v) is 11.9. The van der Waals surface area contributed by atoms with Crippen molar-refractivity contribution < 1.29 is 36.2 Å². The van der Waals surface area contributed by atoms with Gasteiger partial charge in [0.2, 0.25) is 0 Å². The molecule has 2 aromatic rings. The van der Waals surface area contributed by atoms with Gasteiger partial charge in [0.05, 0.1) is 17.5 Å². The van der Waals surface area contributed by atoms with Crippen LogP contribution in [0.15, 0.2) is 42.5 Å². The topological polar surface area (TPSA) is 37.3 Å². The average Bonchev–Trinajstić information content (AvgIpc) is 2.45. The fraction of sp³-hybridized carbons (Fsp3) is 0.188. The minimum Gasteiger partial charge on any atom is -0.481 e. The highest BCUT2D eigenvalue weighted by Gasteiger charge is 2.35. The zero-order chi connectivity index (χ0) is 18.1. The van der Waals surface area contributed by atoms with Crippen LogP contribution in [0.5, 0.6) is 0 Å². The van der Waals surface area contributed by atoms with Crippen molar-refractivity contribution in [3.8, 4) is 11.1 Å². The molecule has 0 aromatic heterocycles. The summed E-state index contributed by atoms with van der Waals surface area (Å²) in [6.07, 6.45) is -10.1. The highest BCUT2D eigenvalue weighted by Crippen LogP contribution is 2.39. The molecule has 0 saturated heterocycles. The van der Waals surface area contributed by atoms with Crippen LogP contribution in [0, 0.1) is 0 Å². The van der Waals surface area contributed by atoms with Crippen LogP contribution in [-0.4, -0.2) is 11.1 Å². The molecule has 2 nitrogen and oxygen atoms in total. The molecule has 1 N–H and O–H groups in total. The predicted molar refractivity (Wildman–Crippen MR) is 73.2 cm³/mol. The van der Waals surface area contributed by atoms with Gasteiger partial charge in [0, 0.05) is 0 Å². The highest BCUT2D eigenvalue weighted by molar-refractivity contribution is 5.73. The van der Waals surface area contributed by atoms with Crippen molar-refractivity contribution in [2.24, 2.45) is 0 Å². The van der Waals surface area contributed by atoms with Gasteiger partial charge in [-0.2, -0.15) is 26.3 Å². The Morgan fingerprint density at radius 2 is 1.58 bits per heavy atom. The Morgan fingerprint density at radius 3 is 2.12 bits per heavy atom. The van der Waals surface area contributed by atoms with Crippen LogP contribution >= 0.6 is 0 Å². The number of carboxylic acid groups (broad SMARTS) is 1. The fourth-order valence-electron chi connectivity index (χ4n) is 2.23.